The summed E-state index contributed by atoms with van der Waals surface area (Å²) in [5.74, 6) is 0. The van der Waals surface area contributed by atoms with Crippen molar-refractivity contribution in [1.29, 1.82) is 0 Å². The van der Waals surface area contributed by atoms with Gasteiger partial charge in [0.2, 0.25) is 0 Å². The highest BCUT2D eigenvalue weighted by Crippen LogP contribution is 2.25. The van der Waals surface area contributed by atoms with Crippen molar-refractivity contribution >= 4 is 34.7 Å². The molecule has 0 saturated carbocycles. The number of thiazole rings is 1. The number of hydrogen-bond donors (Lipinski definition) is 2. The van der Waals surface area contributed by atoms with Crippen LogP contribution in [0.3, 0.4) is 0 Å². The minimum absolute atomic E-state index is 0.118. The zero-order chi connectivity index (χ0) is 18.0. The zero-order valence-corrected chi connectivity index (χ0v) is 16.2. The summed E-state index contributed by atoms with van der Waals surface area (Å²) in [6, 6.07) is 7.78. The van der Waals surface area contributed by atoms with Crippen LogP contribution in [0.5, 0.6) is 0 Å². The van der Waals surface area contributed by atoms with Crippen LogP contribution in [-0.4, -0.2) is 30.1 Å². The molecule has 2 aromatic rings. The van der Waals surface area contributed by atoms with Crippen molar-refractivity contribution in [3.8, 4) is 0 Å². The summed E-state index contributed by atoms with van der Waals surface area (Å²) in [5.41, 5.74) is 0.602. The van der Waals surface area contributed by atoms with Crippen LogP contribution in [0.25, 0.3) is 0 Å². The Morgan fingerprint density at radius 1 is 1.44 bits per heavy atom. The maximum Gasteiger partial charge on any atom is 0.315 e. The fourth-order valence-electron chi connectivity index (χ4n) is 2.99. The van der Waals surface area contributed by atoms with Gasteiger partial charge in [0.05, 0.1) is 5.54 Å². The van der Waals surface area contributed by atoms with E-state index in [-0.39, 0.29) is 12.1 Å². The molecule has 2 heterocycles. The Bertz CT molecular complexity index is 761. The average Bonchev–Trinajstić information content (AvgIpc) is 3.16. The molecule has 0 aliphatic carbocycles. The molecule has 0 radical (unpaired) electrons. The first kappa shape index (κ1) is 18.0. The third kappa shape index (κ3) is 4.44. The van der Waals surface area contributed by atoms with Crippen molar-refractivity contribution < 1.29 is 4.79 Å². The Labute approximate surface area is 157 Å². The molecule has 1 fully saturated rings. The number of aromatic nitrogens is 1. The second-order valence-corrected chi connectivity index (χ2v) is 8.58. The number of hydrogen-bond acceptors (Lipinski definition) is 4. The standard InChI is InChI=1S/C18H23ClN4OS/c1-12-10-20-16(25-12)18(2,3)22-17(24)21-14-7-8-23(11-14)15-6-4-5-13(19)9-15/h4-6,9-10,14H,7-8,11H2,1-3H3,(H2,21,22,24). The second-order valence-electron chi connectivity index (χ2n) is 6.91. The van der Waals surface area contributed by atoms with Crippen molar-refractivity contribution in [2.45, 2.75) is 38.8 Å². The van der Waals surface area contributed by atoms with E-state index >= 15 is 0 Å². The van der Waals surface area contributed by atoms with E-state index in [0.29, 0.717) is 0 Å². The summed E-state index contributed by atoms with van der Waals surface area (Å²) in [7, 11) is 0. The van der Waals surface area contributed by atoms with Crippen LogP contribution in [0.15, 0.2) is 30.5 Å². The number of aryl methyl sites for hydroxylation is 1. The van der Waals surface area contributed by atoms with E-state index in [0.717, 1.165) is 40.1 Å². The molecule has 2 amide bonds. The van der Waals surface area contributed by atoms with Gasteiger partial charge < -0.3 is 15.5 Å². The Morgan fingerprint density at radius 2 is 2.24 bits per heavy atom. The molecule has 0 bridgehead atoms. The van der Waals surface area contributed by atoms with Crippen molar-refractivity contribution in [3.05, 3.63) is 45.4 Å². The number of carbonyl (C=O) groups is 1. The molecule has 1 aliphatic rings. The van der Waals surface area contributed by atoms with Gasteiger partial charge in [-0.15, -0.1) is 11.3 Å². The minimum atomic E-state index is -0.492. The van der Waals surface area contributed by atoms with E-state index in [1.54, 1.807) is 11.3 Å². The largest absolute Gasteiger partial charge is 0.369 e. The van der Waals surface area contributed by atoms with Gasteiger partial charge >= 0.3 is 6.03 Å². The number of halogens is 1. The number of benzene rings is 1. The molecular weight excluding hydrogens is 356 g/mol. The highest BCUT2D eigenvalue weighted by molar-refractivity contribution is 7.11. The molecule has 3 rings (SSSR count). The van der Waals surface area contributed by atoms with Gasteiger partial charge in [-0.1, -0.05) is 17.7 Å². The monoisotopic (exact) mass is 378 g/mol. The molecule has 1 aromatic carbocycles. The number of nitrogens with zero attached hydrogens (tertiary/aromatic N) is 2. The quantitative estimate of drug-likeness (QED) is 0.847. The molecule has 1 unspecified atom stereocenters. The summed E-state index contributed by atoms with van der Waals surface area (Å²) in [6.07, 6.45) is 2.75. The summed E-state index contributed by atoms with van der Waals surface area (Å²) in [4.78, 5) is 20.2. The molecule has 7 heteroatoms. The van der Waals surface area contributed by atoms with Gasteiger partial charge in [0.15, 0.2) is 0 Å². The van der Waals surface area contributed by atoms with Gasteiger partial charge in [-0.2, -0.15) is 0 Å². The Balaban J connectivity index is 1.55. The van der Waals surface area contributed by atoms with Crippen LogP contribution in [-0.2, 0) is 5.54 Å². The Hall–Kier alpha value is -1.79. The molecule has 2 N–H and O–H groups in total. The fraction of sp³-hybridized carbons (Fsp3) is 0.444. The van der Waals surface area contributed by atoms with Gasteiger partial charge in [0.25, 0.3) is 0 Å². The van der Waals surface area contributed by atoms with Crippen LogP contribution in [0.4, 0.5) is 10.5 Å². The predicted octanol–water partition coefficient (Wildman–Crippen LogP) is 3.92. The smallest absolute Gasteiger partial charge is 0.315 e. The molecule has 5 nitrogen and oxygen atoms in total. The number of anilines is 1. The fourth-order valence-corrected chi connectivity index (χ4v) is 3.99. The van der Waals surface area contributed by atoms with Crippen molar-refractivity contribution in [1.82, 2.24) is 15.6 Å². The molecule has 134 valence electrons. The van der Waals surface area contributed by atoms with E-state index in [4.69, 9.17) is 11.6 Å². The Morgan fingerprint density at radius 3 is 2.92 bits per heavy atom. The second kappa shape index (κ2) is 7.22. The van der Waals surface area contributed by atoms with E-state index in [1.165, 1.54) is 0 Å². The molecule has 0 spiro atoms. The van der Waals surface area contributed by atoms with E-state index in [1.807, 2.05) is 51.2 Å². The van der Waals surface area contributed by atoms with Crippen LogP contribution in [0.2, 0.25) is 5.02 Å². The lowest BCUT2D eigenvalue weighted by Gasteiger charge is -2.25. The lowest BCUT2D eigenvalue weighted by atomic mass is 10.1. The maximum absolute atomic E-state index is 12.4. The topological polar surface area (TPSA) is 57.3 Å². The zero-order valence-electron chi connectivity index (χ0n) is 14.7. The number of rotatable bonds is 4. The summed E-state index contributed by atoms with van der Waals surface area (Å²) in [6.45, 7) is 7.64. The SMILES string of the molecule is Cc1cnc(C(C)(C)NC(=O)NC2CCN(c3cccc(Cl)c3)C2)s1. The normalized spacial score (nSPS) is 17.6. The molecule has 1 saturated heterocycles. The Kier molecular flexibility index (Phi) is 5.20. The van der Waals surface area contributed by atoms with Crippen LogP contribution < -0.4 is 15.5 Å². The highest BCUT2D eigenvalue weighted by Gasteiger charge is 2.29. The third-order valence-electron chi connectivity index (χ3n) is 4.28. The first-order chi connectivity index (χ1) is 11.8. The number of carbonyl (C=O) groups excluding carboxylic acids is 1. The summed E-state index contributed by atoms with van der Waals surface area (Å²) >= 11 is 7.67. The minimum Gasteiger partial charge on any atom is -0.369 e. The lowest BCUT2D eigenvalue weighted by Crippen LogP contribution is -2.50. The van der Waals surface area contributed by atoms with Crippen LogP contribution in [0, 0.1) is 6.92 Å². The molecule has 1 aromatic heterocycles. The van der Waals surface area contributed by atoms with E-state index in [2.05, 4.69) is 20.5 Å². The van der Waals surface area contributed by atoms with Gasteiger partial charge in [-0.25, -0.2) is 9.78 Å². The molecule has 1 aliphatic heterocycles. The first-order valence-electron chi connectivity index (χ1n) is 8.35. The van der Waals surface area contributed by atoms with Crippen LogP contribution >= 0.6 is 22.9 Å². The third-order valence-corrected chi connectivity index (χ3v) is 5.75. The van der Waals surface area contributed by atoms with Gasteiger partial charge in [-0.05, 0) is 45.4 Å². The van der Waals surface area contributed by atoms with Gasteiger partial charge in [0, 0.05) is 40.9 Å². The first-order valence-corrected chi connectivity index (χ1v) is 9.55. The molecule has 25 heavy (non-hydrogen) atoms. The van der Waals surface area contributed by atoms with Crippen molar-refractivity contribution in [2.75, 3.05) is 18.0 Å². The van der Waals surface area contributed by atoms with E-state index < -0.39 is 5.54 Å². The molecular formula is C18H23ClN4OS. The van der Waals surface area contributed by atoms with E-state index in [9.17, 15) is 4.79 Å². The van der Waals surface area contributed by atoms with Crippen molar-refractivity contribution in [3.63, 3.8) is 0 Å². The summed E-state index contributed by atoms with van der Waals surface area (Å²) < 4.78 is 0. The molecule has 1 atom stereocenters. The highest BCUT2D eigenvalue weighted by atomic mass is 35.5. The number of amides is 2. The predicted molar refractivity (Wildman–Crippen MR) is 104 cm³/mol. The maximum atomic E-state index is 12.4. The van der Waals surface area contributed by atoms with Gasteiger partial charge in [-0.3, -0.25) is 0 Å². The number of nitrogens with one attached hydrogen (secondary N) is 2. The van der Waals surface area contributed by atoms with Gasteiger partial charge in [0.1, 0.15) is 5.01 Å². The van der Waals surface area contributed by atoms with Crippen molar-refractivity contribution in [2.24, 2.45) is 0 Å². The van der Waals surface area contributed by atoms with Crippen LogP contribution in [0.1, 0.15) is 30.2 Å². The average molecular weight is 379 g/mol. The lowest BCUT2D eigenvalue weighted by molar-refractivity contribution is 0.227. The number of urea groups is 1. The summed E-state index contributed by atoms with van der Waals surface area (Å²) in [5, 5.41) is 7.75.